The van der Waals surface area contributed by atoms with Crippen LogP contribution in [0.1, 0.15) is 42.7 Å². The van der Waals surface area contributed by atoms with Crippen LogP contribution in [-0.4, -0.2) is 19.1 Å². The van der Waals surface area contributed by atoms with E-state index in [1.54, 1.807) is 19.2 Å². The largest absolute Gasteiger partial charge is 0.496 e. The highest BCUT2D eigenvalue weighted by molar-refractivity contribution is 5.94. The van der Waals surface area contributed by atoms with Gasteiger partial charge in [-0.2, -0.15) is 0 Å². The molecule has 1 amide bonds. The Hall–Kier alpha value is -2.49. The molecule has 2 aromatic carbocycles. The Kier molecular flexibility index (Phi) is 5.63. The molecule has 2 rings (SSSR count). The number of ether oxygens (including phenoxy) is 2. The predicted octanol–water partition coefficient (Wildman–Crippen LogP) is 3.97. The van der Waals surface area contributed by atoms with E-state index in [9.17, 15) is 4.79 Å². The molecule has 2 aromatic rings. The van der Waals surface area contributed by atoms with Crippen molar-refractivity contribution < 1.29 is 14.3 Å². The van der Waals surface area contributed by atoms with Crippen LogP contribution in [0, 0.1) is 0 Å². The van der Waals surface area contributed by atoms with Crippen molar-refractivity contribution in [3.63, 3.8) is 0 Å². The number of carbonyl (C=O) groups excluding carboxylic acids is 1. The van der Waals surface area contributed by atoms with Crippen molar-refractivity contribution in [3.05, 3.63) is 59.7 Å². The molecule has 0 fully saturated rings. The van der Waals surface area contributed by atoms with Gasteiger partial charge in [-0.3, -0.25) is 4.79 Å². The number of hydrogen-bond acceptors (Lipinski definition) is 3. The van der Waals surface area contributed by atoms with Crippen LogP contribution in [0.4, 0.5) is 0 Å². The van der Waals surface area contributed by atoms with Gasteiger partial charge in [0.1, 0.15) is 11.5 Å². The fourth-order valence-corrected chi connectivity index (χ4v) is 2.34. The quantitative estimate of drug-likeness (QED) is 0.877. The lowest BCUT2D eigenvalue weighted by atomic mass is 10.1. The number of amides is 1. The molecule has 0 aliphatic carbocycles. The van der Waals surface area contributed by atoms with Gasteiger partial charge in [0.15, 0.2) is 0 Å². The van der Waals surface area contributed by atoms with Gasteiger partial charge < -0.3 is 14.8 Å². The van der Waals surface area contributed by atoms with E-state index in [0.29, 0.717) is 5.56 Å². The third-order valence-corrected chi connectivity index (χ3v) is 3.44. The van der Waals surface area contributed by atoms with Crippen LogP contribution in [-0.2, 0) is 0 Å². The Balaban J connectivity index is 2.06. The molecule has 4 nitrogen and oxygen atoms in total. The highest BCUT2D eigenvalue weighted by Crippen LogP contribution is 2.24. The summed E-state index contributed by atoms with van der Waals surface area (Å²) in [4.78, 5) is 12.4. The van der Waals surface area contributed by atoms with Gasteiger partial charge in [0.05, 0.1) is 19.3 Å². The third kappa shape index (κ3) is 4.49. The molecule has 0 spiro atoms. The highest BCUT2D eigenvalue weighted by atomic mass is 16.5. The van der Waals surface area contributed by atoms with E-state index in [4.69, 9.17) is 9.47 Å². The van der Waals surface area contributed by atoms with Gasteiger partial charge in [0.2, 0.25) is 0 Å². The van der Waals surface area contributed by atoms with Crippen LogP contribution < -0.4 is 14.8 Å². The van der Waals surface area contributed by atoms with Crippen LogP contribution in [0.5, 0.6) is 11.5 Å². The molecular formula is C19H23NO3. The van der Waals surface area contributed by atoms with E-state index < -0.39 is 0 Å². The minimum absolute atomic E-state index is 0.111. The van der Waals surface area contributed by atoms with Gasteiger partial charge in [0.25, 0.3) is 5.91 Å². The maximum Gasteiger partial charge on any atom is 0.251 e. The first-order valence-electron chi connectivity index (χ1n) is 7.71. The number of carbonyl (C=O) groups is 1. The third-order valence-electron chi connectivity index (χ3n) is 3.44. The summed E-state index contributed by atoms with van der Waals surface area (Å²) >= 11 is 0. The number of methoxy groups -OCH3 is 1. The second kappa shape index (κ2) is 7.68. The van der Waals surface area contributed by atoms with Crippen molar-refractivity contribution in [2.24, 2.45) is 0 Å². The van der Waals surface area contributed by atoms with Crippen LogP contribution in [0.2, 0.25) is 0 Å². The molecule has 1 unspecified atom stereocenters. The van der Waals surface area contributed by atoms with E-state index in [2.05, 4.69) is 5.32 Å². The molecule has 0 radical (unpaired) electrons. The maximum absolute atomic E-state index is 12.4. The normalized spacial score (nSPS) is 11.9. The van der Waals surface area contributed by atoms with Crippen molar-refractivity contribution in [3.8, 4) is 11.5 Å². The molecule has 0 aliphatic heterocycles. The average Bonchev–Trinajstić information content (AvgIpc) is 2.54. The summed E-state index contributed by atoms with van der Waals surface area (Å²) in [7, 11) is 1.63. The van der Waals surface area contributed by atoms with Crippen molar-refractivity contribution in [2.45, 2.75) is 32.9 Å². The Morgan fingerprint density at radius 2 is 1.65 bits per heavy atom. The maximum atomic E-state index is 12.4. The molecular weight excluding hydrogens is 290 g/mol. The molecule has 0 saturated heterocycles. The van der Waals surface area contributed by atoms with Crippen molar-refractivity contribution in [1.82, 2.24) is 5.32 Å². The average molecular weight is 313 g/mol. The smallest absolute Gasteiger partial charge is 0.251 e. The molecule has 1 N–H and O–H groups in total. The summed E-state index contributed by atoms with van der Waals surface area (Å²) in [6.07, 6.45) is 0.111. The standard InChI is InChI=1S/C19H23NO3/c1-13(2)23-16-11-9-15(10-12-16)19(21)20-14(3)17-7-5-6-8-18(17)22-4/h5-14H,1-4H3,(H,20,21). The number of rotatable bonds is 6. The van der Waals surface area contributed by atoms with Gasteiger partial charge in [0, 0.05) is 11.1 Å². The molecule has 0 aromatic heterocycles. The Morgan fingerprint density at radius 1 is 1.00 bits per heavy atom. The van der Waals surface area contributed by atoms with E-state index in [1.807, 2.05) is 57.2 Å². The lowest BCUT2D eigenvalue weighted by Crippen LogP contribution is -2.26. The molecule has 0 saturated carbocycles. The zero-order valence-electron chi connectivity index (χ0n) is 14.0. The predicted molar refractivity (Wildman–Crippen MR) is 91.1 cm³/mol. The highest BCUT2D eigenvalue weighted by Gasteiger charge is 2.14. The summed E-state index contributed by atoms with van der Waals surface area (Å²) in [5.74, 6) is 1.40. The van der Waals surface area contributed by atoms with Gasteiger partial charge in [-0.15, -0.1) is 0 Å². The lowest BCUT2D eigenvalue weighted by Gasteiger charge is -2.17. The van der Waals surface area contributed by atoms with Crippen LogP contribution >= 0.6 is 0 Å². The van der Waals surface area contributed by atoms with Gasteiger partial charge in [-0.25, -0.2) is 0 Å². The summed E-state index contributed by atoms with van der Waals surface area (Å²) < 4.78 is 10.9. The minimum atomic E-state index is -0.148. The molecule has 0 bridgehead atoms. The fourth-order valence-electron chi connectivity index (χ4n) is 2.34. The van der Waals surface area contributed by atoms with Crippen molar-refractivity contribution >= 4 is 5.91 Å². The molecule has 1 atom stereocenters. The van der Waals surface area contributed by atoms with Crippen LogP contribution in [0.15, 0.2) is 48.5 Å². The first-order valence-corrected chi connectivity index (χ1v) is 7.71. The molecule has 0 heterocycles. The monoisotopic (exact) mass is 313 g/mol. The molecule has 0 aliphatic rings. The van der Waals surface area contributed by atoms with Gasteiger partial charge in [-0.1, -0.05) is 18.2 Å². The van der Waals surface area contributed by atoms with E-state index >= 15 is 0 Å². The SMILES string of the molecule is COc1ccccc1C(C)NC(=O)c1ccc(OC(C)C)cc1. The fraction of sp³-hybridized carbons (Fsp3) is 0.316. The van der Waals surface area contributed by atoms with Crippen LogP contribution in [0.3, 0.4) is 0 Å². The number of para-hydroxylation sites is 1. The summed E-state index contributed by atoms with van der Waals surface area (Å²) in [5.41, 5.74) is 1.55. The van der Waals surface area contributed by atoms with Crippen molar-refractivity contribution in [2.75, 3.05) is 7.11 Å². The second-order valence-corrected chi connectivity index (χ2v) is 5.63. The first-order chi connectivity index (χ1) is 11.0. The number of nitrogens with one attached hydrogen (secondary N) is 1. The van der Waals surface area contributed by atoms with E-state index in [0.717, 1.165) is 17.1 Å². The summed E-state index contributed by atoms with van der Waals surface area (Å²) in [6.45, 7) is 5.87. The van der Waals surface area contributed by atoms with E-state index in [1.165, 1.54) is 0 Å². The zero-order chi connectivity index (χ0) is 16.8. The Bertz CT molecular complexity index is 650. The Labute approximate surface area is 137 Å². The van der Waals surface area contributed by atoms with Gasteiger partial charge in [-0.05, 0) is 51.1 Å². The summed E-state index contributed by atoms with van der Waals surface area (Å²) in [6, 6.07) is 14.7. The van der Waals surface area contributed by atoms with Gasteiger partial charge >= 0.3 is 0 Å². The molecule has 122 valence electrons. The second-order valence-electron chi connectivity index (χ2n) is 5.63. The number of benzene rings is 2. The first kappa shape index (κ1) is 16.9. The minimum Gasteiger partial charge on any atom is -0.496 e. The summed E-state index contributed by atoms with van der Waals surface area (Å²) in [5, 5.41) is 2.99. The van der Waals surface area contributed by atoms with Crippen molar-refractivity contribution in [1.29, 1.82) is 0 Å². The topological polar surface area (TPSA) is 47.6 Å². The molecule has 23 heavy (non-hydrogen) atoms. The Morgan fingerprint density at radius 3 is 2.26 bits per heavy atom. The number of hydrogen-bond donors (Lipinski definition) is 1. The zero-order valence-corrected chi connectivity index (χ0v) is 14.0. The van der Waals surface area contributed by atoms with Crippen LogP contribution in [0.25, 0.3) is 0 Å². The van der Waals surface area contributed by atoms with E-state index in [-0.39, 0.29) is 18.1 Å². The lowest BCUT2D eigenvalue weighted by molar-refractivity contribution is 0.0939. The molecule has 4 heteroatoms.